The number of aliphatic hydroxyl groups is 1. The molecule has 2 aromatic heterocycles. The summed E-state index contributed by atoms with van der Waals surface area (Å²) in [5.41, 5.74) is -4.34. The Balaban J connectivity index is 1.23. The molecule has 5 rings (SSSR count). The number of nitrogens with one attached hydrogen (secondary N) is 2. The van der Waals surface area contributed by atoms with Gasteiger partial charge in [-0.25, -0.2) is 14.6 Å². The minimum Gasteiger partial charge on any atom is -0.497 e. The molecule has 3 N–H and O–H groups in total. The van der Waals surface area contributed by atoms with Crippen molar-refractivity contribution in [2.24, 2.45) is 0 Å². The summed E-state index contributed by atoms with van der Waals surface area (Å²) in [6.45, 7) is -1.59. The van der Waals surface area contributed by atoms with Crippen LogP contribution in [0.1, 0.15) is 36.0 Å². The molecule has 0 amide bonds. The third kappa shape index (κ3) is 10.5. The number of alkyl halides is 9. The molecule has 3 atom stereocenters. The van der Waals surface area contributed by atoms with Crippen LogP contribution in [0.2, 0.25) is 0 Å². The lowest BCUT2D eigenvalue weighted by Gasteiger charge is -2.38. The first kappa shape index (κ1) is 40.0. The minimum atomic E-state index is -5.16. The molecule has 21 heteroatoms. The van der Waals surface area contributed by atoms with Crippen molar-refractivity contribution in [2.75, 3.05) is 56.7 Å². The van der Waals surface area contributed by atoms with E-state index in [1.807, 2.05) is 0 Å². The lowest BCUT2D eigenvalue weighted by molar-refractivity contribution is -0.139. The normalized spacial score (nSPS) is 19.8. The first-order valence-electron chi connectivity index (χ1n) is 16.5. The van der Waals surface area contributed by atoms with Crippen molar-refractivity contribution >= 4 is 11.6 Å². The van der Waals surface area contributed by atoms with Gasteiger partial charge in [0, 0.05) is 44.6 Å². The fourth-order valence-corrected chi connectivity index (χ4v) is 6.26. The minimum absolute atomic E-state index is 0.135. The zero-order chi connectivity index (χ0) is 38.6. The van der Waals surface area contributed by atoms with E-state index < -0.39 is 79.0 Å². The molecule has 2 aliphatic heterocycles. The standard InChI is InChI=1S/C32H37F9N8O4/c1-52-23-4-2-19(3-5-23)16-49-28(51)26(32(39,40)41)24(15-45-49)46-21(14-42-18-30(33,34)35)17-53-25-8-11-48(27(25)50)22-6-9-47(10-7-22)29-43-12-20(13-44-29)31(36,37)38/h2-5,12-13,15,21-22,25,27,42,46,50H,6-11,14,16-18H2,1H3/t21-,25+,27?/m0/s1. The Kier molecular flexibility index (Phi) is 12.4. The van der Waals surface area contributed by atoms with Gasteiger partial charge in [0.1, 0.15) is 17.5 Å². The zero-order valence-electron chi connectivity index (χ0n) is 28.2. The molecule has 2 fully saturated rings. The summed E-state index contributed by atoms with van der Waals surface area (Å²) in [5.74, 6) is 0.626. The topological polar surface area (TPSA) is 130 Å². The van der Waals surface area contributed by atoms with Crippen LogP contribution in [-0.4, -0.2) is 107 Å². The molecule has 2 saturated heterocycles. The maximum absolute atomic E-state index is 14.3. The van der Waals surface area contributed by atoms with Gasteiger partial charge in [0.15, 0.2) is 0 Å². The van der Waals surface area contributed by atoms with Gasteiger partial charge in [-0.3, -0.25) is 9.69 Å². The van der Waals surface area contributed by atoms with E-state index in [9.17, 15) is 49.4 Å². The summed E-state index contributed by atoms with van der Waals surface area (Å²) in [4.78, 5) is 24.2. The molecule has 1 unspecified atom stereocenters. The van der Waals surface area contributed by atoms with E-state index in [-0.39, 0.29) is 18.5 Å². The Morgan fingerprint density at radius 1 is 0.925 bits per heavy atom. The van der Waals surface area contributed by atoms with Gasteiger partial charge in [0.05, 0.1) is 56.4 Å². The van der Waals surface area contributed by atoms with E-state index in [2.05, 4.69) is 25.7 Å². The second kappa shape index (κ2) is 16.4. The molecule has 53 heavy (non-hydrogen) atoms. The number of halogens is 9. The number of hydrogen-bond acceptors (Lipinski definition) is 11. The number of aliphatic hydroxyl groups excluding tert-OH is 1. The summed E-state index contributed by atoms with van der Waals surface area (Å²) >= 11 is 0. The van der Waals surface area contributed by atoms with Crippen LogP contribution in [0.25, 0.3) is 0 Å². The van der Waals surface area contributed by atoms with Gasteiger partial charge in [-0.1, -0.05) is 12.1 Å². The number of methoxy groups -OCH3 is 1. The highest BCUT2D eigenvalue weighted by Gasteiger charge is 2.41. The SMILES string of the molecule is COc1ccc(Cn2ncc(N[C@@H](CNCC(F)(F)F)CO[C@@H]3CCN(C4CCN(c5ncc(C(F)(F)F)cn5)CC4)C3O)c(C(F)(F)F)c2=O)cc1. The van der Waals surface area contributed by atoms with Gasteiger partial charge >= 0.3 is 18.5 Å². The lowest BCUT2D eigenvalue weighted by Crippen LogP contribution is -2.49. The third-order valence-electron chi connectivity index (χ3n) is 8.93. The lowest BCUT2D eigenvalue weighted by atomic mass is 10.0. The van der Waals surface area contributed by atoms with Crippen LogP contribution >= 0.6 is 0 Å². The highest BCUT2D eigenvalue weighted by molar-refractivity contribution is 5.50. The van der Waals surface area contributed by atoms with Crippen LogP contribution in [0, 0.1) is 0 Å². The van der Waals surface area contributed by atoms with Crippen molar-refractivity contribution < 1.29 is 54.1 Å². The number of hydrogen-bond donors (Lipinski definition) is 3. The summed E-state index contributed by atoms with van der Waals surface area (Å²) in [6.07, 6.45) is -12.9. The Morgan fingerprint density at radius 3 is 2.17 bits per heavy atom. The average molecular weight is 769 g/mol. The van der Waals surface area contributed by atoms with Crippen molar-refractivity contribution in [1.29, 1.82) is 0 Å². The molecular formula is C32H37F9N8O4. The van der Waals surface area contributed by atoms with Crippen LogP contribution in [-0.2, 0) is 23.6 Å². The van der Waals surface area contributed by atoms with Gasteiger partial charge in [-0.2, -0.15) is 44.6 Å². The Morgan fingerprint density at radius 2 is 1.58 bits per heavy atom. The fraction of sp³-hybridized carbons (Fsp3) is 0.562. The molecule has 1 aromatic carbocycles. The quantitative estimate of drug-likeness (QED) is 0.217. The number of ether oxygens (including phenoxy) is 2. The Hall–Kier alpha value is -4.21. The van der Waals surface area contributed by atoms with Crippen LogP contribution in [0.5, 0.6) is 5.75 Å². The molecular weight excluding hydrogens is 731 g/mol. The van der Waals surface area contributed by atoms with Gasteiger partial charge in [-0.05, 0) is 37.0 Å². The smallest absolute Gasteiger partial charge is 0.423 e. The van der Waals surface area contributed by atoms with Crippen molar-refractivity contribution in [2.45, 2.75) is 68.8 Å². The van der Waals surface area contributed by atoms with Crippen molar-refractivity contribution in [1.82, 2.24) is 30.0 Å². The second-order valence-electron chi connectivity index (χ2n) is 12.6. The average Bonchev–Trinajstić information content (AvgIpc) is 3.46. The van der Waals surface area contributed by atoms with Crippen LogP contribution < -0.4 is 25.8 Å². The van der Waals surface area contributed by atoms with Crippen LogP contribution in [0.15, 0.2) is 47.7 Å². The molecule has 4 heterocycles. The zero-order valence-corrected chi connectivity index (χ0v) is 28.2. The van der Waals surface area contributed by atoms with Gasteiger partial charge in [-0.15, -0.1) is 0 Å². The number of piperidine rings is 1. The van der Waals surface area contributed by atoms with Gasteiger partial charge < -0.3 is 30.1 Å². The molecule has 0 aliphatic carbocycles. The number of likely N-dealkylation sites (tertiary alicyclic amines) is 1. The number of benzene rings is 1. The first-order valence-corrected chi connectivity index (χ1v) is 16.5. The molecule has 0 saturated carbocycles. The molecule has 0 spiro atoms. The molecule has 0 bridgehead atoms. The molecule has 292 valence electrons. The Bertz CT molecular complexity index is 1700. The summed E-state index contributed by atoms with van der Waals surface area (Å²) in [6, 6.07) is 4.83. The summed E-state index contributed by atoms with van der Waals surface area (Å²) < 4.78 is 132. The number of nitrogens with zero attached hydrogens (tertiary/aromatic N) is 6. The Labute approximate surface area is 296 Å². The largest absolute Gasteiger partial charge is 0.497 e. The number of aromatic nitrogens is 4. The van der Waals surface area contributed by atoms with E-state index in [1.165, 1.54) is 7.11 Å². The third-order valence-corrected chi connectivity index (χ3v) is 8.93. The predicted octanol–water partition coefficient (Wildman–Crippen LogP) is 4.14. The number of rotatable bonds is 13. The van der Waals surface area contributed by atoms with E-state index in [1.54, 1.807) is 34.1 Å². The highest BCUT2D eigenvalue weighted by atomic mass is 19.4. The van der Waals surface area contributed by atoms with E-state index >= 15 is 0 Å². The van der Waals surface area contributed by atoms with Gasteiger partial charge in [0.2, 0.25) is 5.95 Å². The van der Waals surface area contributed by atoms with Crippen molar-refractivity contribution in [3.63, 3.8) is 0 Å². The van der Waals surface area contributed by atoms with Crippen LogP contribution in [0.3, 0.4) is 0 Å². The second-order valence-corrected chi connectivity index (χ2v) is 12.6. The van der Waals surface area contributed by atoms with Crippen LogP contribution in [0.4, 0.5) is 51.1 Å². The van der Waals surface area contributed by atoms with Crippen molar-refractivity contribution in [3.05, 3.63) is 69.9 Å². The molecule has 3 aromatic rings. The molecule has 12 nitrogen and oxygen atoms in total. The van der Waals surface area contributed by atoms with Crippen molar-refractivity contribution in [3.8, 4) is 5.75 Å². The summed E-state index contributed by atoms with van der Waals surface area (Å²) in [5, 5.41) is 19.6. The van der Waals surface area contributed by atoms with E-state index in [4.69, 9.17) is 9.47 Å². The maximum atomic E-state index is 14.3. The first-order chi connectivity index (χ1) is 24.9. The summed E-state index contributed by atoms with van der Waals surface area (Å²) in [7, 11) is 1.43. The van der Waals surface area contributed by atoms with E-state index in [0.717, 1.165) is 6.20 Å². The molecule has 2 aliphatic rings. The monoisotopic (exact) mass is 768 g/mol. The maximum Gasteiger partial charge on any atom is 0.423 e. The fourth-order valence-electron chi connectivity index (χ4n) is 6.26. The van der Waals surface area contributed by atoms with E-state index in [0.29, 0.717) is 67.3 Å². The number of anilines is 2. The van der Waals surface area contributed by atoms with Gasteiger partial charge in [0.25, 0.3) is 5.56 Å². The molecule has 0 radical (unpaired) electrons. The highest BCUT2D eigenvalue weighted by Crippen LogP contribution is 2.33. The predicted molar refractivity (Wildman–Crippen MR) is 171 cm³/mol.